The van der Waals surface area contributed by atoms with Crippen LogP contribution in [0.3, 0.4) is 0 Å². The molecule has 0 bridgehead atoms. The van der Waals surface area contributed by atoms with Gasteiger partial charge in [-0.1, -0.05) is 11.6 Å². The topological polar surface area (TPSA) is 91.6 Å². The van der Waals surface area contributed by atoms with Crippen molar-refractivity contribution in [2.45, 2.75) is 0 Å². The summed E-state index contributed by atoms with van der Waals surface area (Å²) in [5.74, 6) is -0.728. The maximum atomic E-state index is 10.9. The first-order valence-electron chi connectivity index (χ1n) is 2.81. The van der Waals surface area contributed by atoms with Gasteiger partial charge in [0.25, 0.3) is 5.91 Å². The highest BCUT2D eigenvalue weighted by Gasteiger charge is 2.03. The van der Waals surface area contributed by atoms with E-state index in [1.165, 1.54) is 12.3 Å². The van der Waals surface area contributed by atoms with Gasteiger partial charge >= 0.3 is 0 Å². The molecule has 0 aromatic carbocycles. The zero-order chi connectivity index (χ0) is 8.97. The van der Waals surface area contributed by atoms with Crippen LogP contribution < -0.4 is 0 Å². The van der Waals surface area contributed by atoms with Gasteiger partial charge in [-0.25, -0.2) is 0 Å². The molecule has 0 aliphatic carbocycles. The van der Waals surface area contributed by atoms with Crippen LogP contribution in [0, 0.1) is 0 Å². The lowest BCUT2D eigenvalue weighted by Gasteiger charge is -1.91. The zero-order valence-corrected chi connectivity index (χ0v) is 6.43. The highest BCUT2D eigenvalue weighted by atomic mass is 35.5. The number of aromatic nitrogens is 2. The van der Waals surface area contributed by atoms with Crippen LogP contribution in [-0.2, 0) is 0 Å². The van der Waals surface area contributed by atoms with Crippen molar-refractivity contribution < 1.29 is 4.79 Å². The fourth-order valence-corrected chi connectivity index (χ4v) is 0.717. The van der Waals surface area contributed by atoms with Crippen molar-refractivity contribution in [1.82, 2.24) is 10.2 Å². The van der Waals surface area contributed by atoms with Crippen molar-refractivity contribution in [3.8, 4) is 0 Å². The summed E-state index contributed by atoms with van der Waals surface area (Å²) in [7, 11) is 0. The monoisotopic (exact) mass is 183 g/mol. The minimum Gasteiger partial charge on any atom is -0.287 e. The maximum absolute atomic E-state index is 10.9. The normalized spacial score (nSPS) is 8.75. The Morgan fingerprint density at radius 3 is 3.08 bits per heavy atom. The van der Waals surface area contributed by atoms with Crippen LogP contribution in [0.1, 0.15) is 10.4 Å². The minimum absolute atomic E-state index is 0.0778. The number of azide groups is 1. The number of carbonyl (C=O) groups is 1. The molecular weight excluding hydrogens is 182 g/mol. The first-order chi connectivity index (χ1) is 5.74. The van der Waals surface area contributed by atoms with Gasteiger partial charge in [-0.2, -0.15) is 5.10 Å². The molecule has 1 rings (SSSR count). The highest BCUT2D eigenvalue weighted by Crippen LogP contribution is 2.06. The molecule has 0 fully saturated rings. The lowest BCUT2D eigenvalue weighted by molar-refractivity contribution is 0.1000. The van der Waals surface area contributed by atoms with Crippen LogP contribution in [0.5, 0.6) is 0 Å². The SMILES string of the molecule is [N-]=[N+]=NC(=O)c1cnnc(Cl)c1. The molecule has 7 heteroatoms. The number of hydrogen-bond donors (Lipinski definition) is 0. The van der Waals surface area contributed by atoms with Gasteiger partial charge in [0.2, 0.25) is 0 Å². The smallest absolute Gasteiger partial charge is 0.250 e. The summed E-state index contributed by atoms with van der Waals surface area (Å²) in [6.45, 7) is 0. The Morgan fingerprint density at radius 1 is 1.75 bits per heavy atom. The van der Waals surface area contributed by atoms with Crippen molar-refractivity contribution in [3.63, 3.8) is 0 Å². The average Bonchev–Trinajstić information content (AvgIpc) is 2.05. The molecule has 0 N–H and O–H groups in total. The molecule has 0 saturated carbocycles. The quantitative estimate of drug-likeness (QED) is 0.376. The Balaban J connectivity index is 3.03. The maximum Gasteiger partial charge on any atom is 0.250 e. The molecule has 1 aromatic rings. The van der Waals surface area contributed by atoms with Crippen LogP contribution >= 0.6 is 11.6 Å². The molecule has 6 nitrogen and oxygen atoms in total. The minimum atomic E-state index is -0.728. The first kappa shape index (κ1) is 8.45. The Labute approximate surface area is 71.8 Å². The third-order valence-corrected chi connectivity index (χ3v) is 1.19. The van der Waals surface area contributed by atoms with E-state index in [2.05, 4.69) is 20.2 Å². The zero-order valence-electron chi connectivity index (χ0n) is 5.68. The van der Waals surface area contributed by atoms with Crippen molar-refractivity contribution in [2.24, 2.45) is 5.11 Å². The van der Waals surface area contributed by atoms with E-state index in [0.29, 0.717) is 0 Å². The van der Waals surface area contributed by atoms with E-state index in [0.717, 1.165) is 0 Å². The van der Waals surface area contributed by atoms with Crippen molar-refractivity contribution >= 4 is 17.5 Å². The lowest BCUT2D eigenvalue weighted by atomic mass is 10.3. The van der Waals surface area contributed by atoms with Gasteiger partial charge in [0.1, 0.15) is 0 Å². The standard InChI is InChI=1S/C5H2ClN5O/c6-4-1-3(2-8-9-4)5(12)10-11-7/h1-2H. The number of halogens is 1. The third-order valence-electron chi connectivity index (χ3n) is 1.01. The summed E-state index contributed by atoms with van der Waals surface area (Å²) in [4.78, 5) is 13.2. The summed E-state index contributed by atoms with van der Waals surface area (Å²) < 4.78 is 0. The lowest BCUT2D eigenvalue weighted by Crippen LogP contribution is -1.95. The summed E-state index contributed by atoms with van der Waals surface area (Å²) >= 11 is 5.43. The van der Waals surface area contributed by atoms with Gasteiger partial charge in [-0.05, 0) is 16.7 Å². The number of nitrogens with zero attached hydrogens (tertiary/aromatic N) is 5. The molecule has 12 heavy (non-hydrogen) atoms. The summed E-state index contributed by atoms with van der Waals surface area (Å²) in [6.07, 6.45) is 1.17. The number of amides is 1. The molecular formula is C5H2ClN5O. The number of hydrogen-bond acceptors (Lipinski definition) is 3. The molecule has 1 aromatic heterocycles. The predicted molar refractivity (Wildman–Crippen MR) is 40.5 cm³/mol. The van der Waals surface area contributed by atoms with Gasteiger partial charge in [-0.15, -0.1) is 5.10 Å². The van der Waals surface area contributed by atoms with Crippen molar-refractivity contribution in [3.05, 3.63) is 33.4 Å². The molecule has 0 saturated heterocycles. The van der Waals surface area contributed by atoms with Crippen LogP contribution in [0.4, 0.5) is 0 Å². The van der Waals surface area contributed by atoms with Gasteiger partial charge in [0.15, 0.2) is 5.15 Å². The van der Waals surface area contributed by atoms with Crippen molar-refractivity contribution in [2.75, 3.05) is 0 Å². The van der Waals surface area contributed by atoms with Gasteiger partial charge in [-0.3, -0.25) is 4.79 Å². The Bertz CT molecular complexity index is 359. The molecule has 0 aliphatic rings. The van der Waals surface area contributed by atoms with Gasteiger partial charge in [0, 0.05) is 10.5 Å². The Hall–Kier alpha value is -1.65. The highest BCUT2D eigenvalue weighted by molar-refractivity contribution is 6.29. The largest absolute Gasteiger partial charge is 0.287 e. The molecule has 0 unspecified atom stereocenters. The average molecular weight is 184 g/mol. The second kappa shape index (κ2) is 3.66. The van der Waals surface area contributed by atoms with Crippen LogP contribution in [0.15, 0.2) is 17.4 Å². The van der Waals surface area contributed by atoms with E-state index in [9.17, 15) is 4.79 Å². The first-order valence-corrected chi connectivity index (χ1v) is 3.19. The van der Waals surface area contributed by atoms with E-state index in [1.807, 2.05) is 0 Å². The molecule has 0 radical (unpaired) electrons. The van der Waals surface area contributed by atoms with E-state index < -0.39 is 5.91 Å². The van der Waals surface area contributed by atoms with Crippen LogP contribution in [-0.4, -0.2) is 16.1 Å². The molecule has 60 valence electrons. The molecule has 0 aliphatic heterocycles. The second-order valence-corrected chi connectivity index (χ2v) is 2.15. The second-order valence-electron chi connectivity index (χ2n) is 1.76. The third kappa shape index (κ3) is 1.91. The molecule has 1 amide bonds. The van der Waals surface area contributed by atoms with E-state index in [4.69, 9.17) is 17.1 Å². The molecule has 0 atom stereocenters. The van der Waals surface area contributed by atoms with Crippen LogP contribution in [0.2, 0.25) is 5.15 Å². The van der Waals surface area contributed by atoms with E-state index in [-0.39, 0.29) is 10.7 Å². The van der Waals surface area contributed by atoms with Gasteiger partial charge < -0.3 is 0 Å². The van der Waals surface area contributed by atoms with Gasteiger partial charge in [0.05, 0.1) is 6.20 Å². The predicted octanol–water partition coefficient (Wildman–Crippen LogP) is 1.58. The summed E-state index contributed by atoms with van der Waals surface area (Å²) in [5, 5.41) is 9.74. The fourth-order valence-electron chi connectivity index (χ4n) is 0.556. The number of rotatable bonds is 1. The Kier molecular flexibility index (Phi) is 2.57. The molecule has 1 heterocycles. The van der Waals surface area contributed by atoms with E-state index >= 15 is 0 Å². The van der Waals surface area contributed by atoms with Crippen LogP contribution in [0.25, 0.3) is 10.4 Å². The fraction of sp³-hybridized carbons (Fsp3) is 0. The summed E-state index contributed by atoms with van der Waals surface area (Å²) in [5.41, 5.74) is 8.05. The summed E-state index contributed by atoms with van der Waals surface area (Å²) in [6, 6.07) is 1.27. The van der Waals surface area contributed by atoms with E-state index in [1.54, 1.807) is 0 Å². The van der Waals surface area contributed by atoms with Crippen molar-refractivity contribution in [1.29, 1.82) is 0 Å². The Morgan fingerprint density at radius 2 is 2.50 bits per heavy atom. The molecule has 0 spiro atoms. The number of carbonyl (C=O) groups excluding carboxylic acids is 1.